The number of hydrogen-bond donors (Lipinski definition) is 2. The molecular formula is C23H34F3N3O3S. The van der Waals surface area contributed by atoms with Gasteiger partial charge < -0.3 is 10.2 Å². The van der Waals surface area contributed by atoms with Crippen LogP contribution in [0.2, 0.25) is 0 Å². The van der Waals surface area contributed by atoms with Gasteiger partial charge in [0.15, 0.2) is 0 Å². The summed E-state index contributed by atoms with van der Waals surface area (Å²) in [5.74, 6) is -0.00854. The number of nitrogens with one attached hydrogen (secondary N) is 2. The first-order valence-electron chi connectivity index (χ1n) is 11.8. The van der Waals surface area contributed by atoms with E-state index in [1.54, 1.807) is 16.9 Å². The molecular weight excluding hydrogens is 455 g/mol. The minimum Gasteiger partial charge on any atom is -0.392 e. The fraction of sp³-hybridized carbons (Fsp3) is 0.696. The van der Waals surface area contributed by atoms with Crippen LogP contribution in [0.4, 0.5) is 24.5 Å². The molecule has 0 spiro atoms. The molecule has 2 saturated carbocycles. The van der Waals surface area contributed by atoms with Crippen LogP contribution in [0.5, 0.6) is 0 Å². The highest BCUT2D eigenvalue weighted by Crippen LogP contribution is 2.34. The van der Waals surface area contributed by atoms with Crippen LogP contribution in [0.15, 0.2) is 23.4 Å². The van der Waals surface area contributed by atoms with Gasteiger partial charge in [-0.15, -0.1) is 0 Å². The maximum Gasteiger partial charge on any atom is 0.516 e. The van der Waals surface area contributed by atoms with Crippen molar-refractivity contribution in [2.45, 2.75) is 95.7 Å². The van der Waals surface area contributed by atoms with Crippen molar-refractivity contribution >= 4 is 27.1 Å². The quantitative estimate of drug-likeness (QED) is 0.327. The molecule has 0 aliphatic heterocycles. The van der Waals surface area contributed by atoms with E-state index in [0.29, 0.717) is 17.0 Å². The summed E-state index contributed by atoms with van der Waals surface area (Å²) in [4.78, 5) is 5.89. The third-order valence-corrected chi connectivity index (χ3v) is 7.24. The van der Waals surface area contributed by atoms with Crippen molar-refractivity contribution in [3.8, 4) is 0 Å². The first-order valence-corrected chi connectivity index (χ1v) is 13.3. The fourth-order valence-corrected chi connectivity index (χ4v) is 5.08. The molecule has 2 fully saturated rings. The van der Waals surface area contributed by atoms with Gasteiger partial charge >= 0.3 is 15.5 Å². The Morgan fingerprint density at radius 3 is 2.21 bits per heavy atom. The van der Waals surface area contributed by atoms with Crippen molar-refractivity contribution in [3.63, 3.8) is 0 Å². The van der Waals surface area contributed by atoms with Crippen LogP contribution < -0.4 is 10.0 Å². The molecule has 2 N–H and O–H groups in total. The Hall–Kier alpha value is -1.97. The van der Waals surface area contributed by atoms with Gasteiger partial charge in [0.2, 0.25) is 0 Å². The number of hydrogen-bond acceptors (Lipinski definition) is 5. The van der Waals surface area contributed by atoms with Crippen molar-refractivity contribution in [2.24, 2.45) is 11.1 Å². The number of oxime groups is 1. The molecule has 2 aliphatic carbocycles. The van der Waals surface area contributed by atoms with Crippen molar-refractivity contribution in [3.05, 3.63) is 23.8 Å². The molecule has 3 rings (SSSR count). The van der Waals surface area contributed by atoms with Gasteiger partial charge in [0, 0.05) is 23.2 Å². The zero-order chi connectivity index (χ0) is 24.1. The predicted octanol–water partition coefficient (Wildman–Crippen LogP) is 6.40. The number of halogens is 3. The number of benzene rings is 1. The van der Waals surface area contributed by atoms with E-state index in [4.69, 9.17) is 4.84 Å². The molecule has 0 bridgehead atoms. The largest absolute Gasteiger partial charge is 0.516 e. The van der Waals surface area contributed by atoms with Gasteiger partial charge in [-0.25, -0.2) is 0 Å². The SMILES string of the molecule is CC(C)Nc1ccc(NS(=O)(=O)C(F)(F)F)c(/C(=N/OC2CCCCC2)C2CCCCC2)c1. The molecule has 0 amide bonds. The van der Waals surface area contributed by atoms with E-state index in [2.05, 4.69) is 10.5 Å². The van der Waals surface area contributed by atoms with E-state index in [9.17, 15) is 21.6 Å². The van der Waals surface area contributed by atoms with Gasteiger partial charge in [0.05, 0.1) is 11.4 Å². The van der Waals surface area contributed by atoms with Crippen molar-refractivity contribution < 1.29 is 26.4 Å². The second-order valence-electron chi connectivity index (χ2n) is 9.29. The monoisotopic (exact) mass is 489 g/mol. The third kappa shape index (κ3) is 7.01. The molecule has 0 atom stereocenters. The van der Waals surface area contributed by atoms with E-state index in [-0.39, 0.29) is 23.8 Å². The molecule has 0 saturated heterocycles. The van der Waals surface area contributed by atoms with Crippen LogP contribution in [0, 0.1) is 5.92 Å². The van der Waals surface area contributed by atoms with Crippen molar-refractivity contribution in [2.75, 3.05) is 10.0 Å². The molecule has 2 aliphatic rings. The lowest BCUT2D eigenvalue weighted by atomic mass is 9.83. The summed E-state index contributed by atoms with van der Waals surface area (Å²) in [5, 5.41) is 7.72. The highest BCUT2D eigenvalue weighted by Gasteiger charge is 2.46. The lowest BCUT2D eigenvalue weighted by Gasteiger charge is -2.27. The molecule has 0 radical (unpaired) electrons. The Morgan fingerprint density at radius 1 is 1.03 bits per heavy atom. The minimum absolute atomic E-state index is 0.00854. The summed E-state index contributed by atoms with van der Waals surface area (Å²) < 4.78 is 65.0. The normalized spacial score (nSPS) is 19.5. The van der Waals surface area contributed by atoms with Gasteiger partial charge in [0.25, 0.3) is 0 Å². The summed E-state index contributed by atoms with van der Waals surface area (Å²) in [5.41, 5.74) is -4.03. The lowest BCUT2D eigenvalue weighted by molar-refractivity contribution is -0.0429. The van der Waals surface area contributed by atoms with E-state index >= 15 is 0 Å². The predicted molar refractivity (Wildman–Crippen MR) is 125 cm³/mol. The summed E-state index contributed by atoms with van der Waals surface area (Å²) in [7, 11) is -5.58. The van der Waals surface area contributed by atoms with Crippen LogP contribution in [0.1, 0.15) is 83.6 Å². The zero-order valence-corrected chi connectivity index (χ0v) is 20.1. The fourth-order valence-electron chi connectivity index (χ4n) is 4.49. The standard InChI is InChI=1S/C23H34F3N3O3S/c1-16(2)27-18-13-14-21(29-33(30,31)23(24,25)26)20(15-18)22(17-9-5-3-6-10-17)28-32-19-11-7-4-8-12-19/h13-17,19,27,29H,3-12H2,1-2H3/b28-22+. The molecule has 10 heteroatoms. The average Bonchev–Trinajstić information content (AvgIpc) is 2.76. The summed E-state index contributed by atoms with van der Waals surface area (Å²) >= 11 is 0. The first-order chi connectivity index (χ1) is 15.6. The number of sulfonamides is 1. The topological polar surface area (TPSA) is 79.8 Å². The lowest BCUT2D eigenvalue weighted by Crippen LogP contribution is -2.31. The Kier molecular flexibility index (Phi) is 8.53. The van der Waals surface area contributed by atoms with Crippen LogP contribution >= 0.6 is 0 Å². The van der Waals surface area contributed by atoms with Crippen LogP contribution in [0.25, 0.3) is 0 Å². The number of alkyl halides is 3. The van der Waals surface area contributed by atoms with Gasteiger partial charge in [-0.3, -0.25) is 4.72 Å². The number of nitrogens with zero attached hydrogens (tertiary/aromatic N) is 1. The van der Waals surface area contributed by atoms with Gasteiger partial charge in [-0.2, -0.15) is 21.6 Å². The van der Waals surface area contributed by atoms with Gasteiger partial charge in [-0.05, 0) is 70.6 Å². The Bertz CT molecular complexity index is 921. The highest BCUT2D eigenvalue weighted by atomic mass is 32.2. The number of anilines is 2. The second-order valence-corrected chi connectivity index (χ2v) is 11.0. The summed E-state index contributed by atoms with van der Waals surface area (Å²) in [6.45, 7) is 3.89. The molecule has 33 heavy (non-hydrogen) atoms. The maximum absolute atomic E-state index is 13.1. The molecule has 6 nitrogen and oxygen atoms in total. The molecule has 1 aromatic carbocycles. The zero-order valence-electron chi connectivity index (χ0n) is 19.2. The van der Waals surface area contributed by atoms with Crippen LogP contribution in [-0.2, 0) is 14.9 Å². The smallest absolute Gasteiger partial charge is 0.392 e. The van der Waals surface area contributed by atoms with E-state index < -0.39 is 15.5 Å². The Labute approximate surface area is 194 Å². The Morgan fingerprint density at radius 2 is 1.64 bits per heavy atom. The van der Waals surface area contributed by atoms with Crippen LogP contribution in [-0.4, -0.2) is 31.8 Å². The molecule has 1 aromatic rings. The van der Waals surface area contributed by atoms with Crippen molar-refractivity contribution in [1.82, 2.24) is 0 Å². The van der Waals surface area contributed by atoms with Crippen LogP contribution in [0.3, 0.4) is 0 Å². The summed E-state index contributed by atoms with van der Waals surface area (Å²) in [6, 6.07) is 4.69. The minimum atomic E-state index is -5.58. The maximum atomic E-state index is 13.1. The summed E-state index contributed by atoms with van der Waals surface area (Å²) in [6.07, 6.45) is 9.77. The van der Waals surface area contributed by atoms with E-state index in [1.807, 2.05) is 13.8 Å². The average molecular weight is 490 g/mol. The van der Waals surface area contributed by atoms with E-state index in [1.165, 1.54) is 6.07 Å². The van der Waals surface area contributed by atoms with Crippen molar-refractivity contribution in [1.29, 1.82) is 0 Å². The molecule has 0 aromatic heterocycles. The van der Waals surface area contributed by atoms with Gasteiger partial charge in [0.1, 0.15) is 6.10 Å². The van der Waals surface area contributed by atoms with E-state index in [0.717, 1.165) is 64.2 Å². The van der Waals surface area contributed by atoms with Gasteiger partial charge in [-0.1, -0.05) is 30.8 Å². The number of rotatable bonds is 8. The first kappa shape index (κ1) is 25.6. The molecule has 186 valence electrons. The second kappa shape index (κ2) is 11.0. The third-order valence-electron chi connectivity index (χ3n) is 6.14. The Balaban J connectivity index is 2.04. The molecule has 0 unspecified atom stereocenters. The highest BCUT2D eigenvalue weighted by molar-refractivity contribution is 7.93. The molecule has 0 heterocycles.